The normalized spacial score (nSPS) is 12.8. The highest BCUT2D eigenvalue weighted by atomic mass is 32.2. The second-order valence-electron chi connectivity index (χ2n) is 2.70. The average molecular weight is 241 g/mol. The molecule has 15 heavy (non-hydrogen) atoms. The number of para-hydroxylation sites is 1. The SMILES string of the molecule is NS(=O)(=O)c1cccc(C(F)(F)F)c1O. The fourth-order valence-electron chi connectivity index (χ4n) is 0.981. The molecule has 1 aromatic rings. The number of halogens is 3. The number of nitrogens with two attached hydrogens (primary N) is 1. The zero-order valence-corrected chi connectivity index (χ0v) is 7.93. The molecule has 4 nitrogen and oxygen atoms in total. The summed E-state index contributed by atoms with van der Waals surface area (Å²) in [5.41, 5.74) is -1.44. The Morgan fingerprint density at radius 1 is 1.27 bits per heavy atom. The molecule has 0 aromatic heterocycles. The standard InChI is InChI=1S/C7H6F3NO3S/c8-7(9,10)4-2-1-3-5(6(4)12)15(11,13)14/h1-3,12H,(H2,11,13,14). The Labute approximate surface area is 83.2 Å². The maximum atomic E-state index is 12.2. The van der Waals surface area contributed by atoms with Crippen molar-refractivity contribution in [3.05, 3.63) is 23.8 Å². The molecule has 0 heterocycles. The van der Waals surface area contributed by atoms with E-state index in [1.807, 2.05) is 0 Å². The number of phenolic OH excluding ortho intramolecular Hbond substituents is 1. The topological polar surface area (TPSA) is 80.4 Å². The largest absolute Gasteiger partial charge is 0.506 e. The Balaban J connectivity index is 3.51. The lowest BCUT2D eigenvalue weighted by atomic mass is 10.2. The average Bonchev–Trinajstić information content (AvgIpc) is 1.99. The van der Waals surface area contributed by atoms with Gasteiger partial charge in [0, 0.05) is 0 Å². The van der Waals surface area contributed by atoms with Gasteiger partial charge in [0.15, 0.2) is 0 Å². The Morgan fingerprint density at radius 2 is 1.80 bits per heavy atom. The van der Waals surface area contributed by atoms with Crippen molar-refractivity contribution in [3.63, 3.8) is 0 Å². The van der Waals surface area contributed by atoms with E-state index in [1.54, 1.807) is 0 Å². The van der Waals surface area contributed by atoms with E-state index in [1.165, 1.54) is 0 Å². The van der Waals surface area contributed by atoms with Crippen molar-refractivity contribution in [2.75, 3.05) is 0 Å². The fourth-order valence-corrected chi connectivity index (χ4v) is 1.63. The summed E-state index contributed by atoms with van der Waals surface area (Å²) in [5, 5.41) is 13.7. The van der Waals surface area contributed by atoms with Gasteiger partial charge >= 0.3 is 6.18 Å². The third-order valence-corrected chi connectivity index (χ3v) is 2.55. The summed E-state index contributed by atoms with van der Waals surface area (Å²) < 4.78 is 58.2. The molecule has 0 fully saturated rings. The van der Waals surface area contributed by atoms with Gasteiger partial charge in [0.25, 0.3) is 0 Å². The molecule has 0 unspecified atom stereocenters. The van der Waals surface area contributed by atoms with Crippen LogP contribution in [0.5, 0.6) is 5.75 Å². The number of hydrogen-bond acceptors (Lipinski definition) is 3. The summed E-state index contributed by atoms with van der Waals surface area (Å²) in [6, 6.07) is 2.20. The smallest absolute Gasteiger partial charge is 0.420 e. The van der Waals surface area contributed by atoms with Gasteiger partial charge in [-0.1, -0.05) is 6.07 Å². The number of sulfonamides is 1. The highest BCUT2D eigenvalue weighted by Crippen LogP contribution is 2.38. The van der Waals surface area contributed by atoms with Crippen LogP contribution in [-0.4, -0.2) is 13.5 Å². The van der Waals surface area contributed by atoms with E-state index in [0.29, 0.717) is 6.07 Å². The lowest BCUT2D eigenvalue weighted by Crippen LogP contribution is -2.14. The molecular formula is C7H6F3NO3S. The number of alkyl halides is 3. The second-order valence-corrected chi connectivity index (χ2v) is 4.22. The fraction of sp³-hybridized carbons (Fsp3) is 0.143. The quantitative estimate of drug-likeness (QED) is 0.771. The molecular weight excluding hydrogens is 235 g/mol. The Hall–Kier alpha value is -1.28. The van der Waals surface area contributed by atoms with Gasteiger partial charge in [0.1, 0.15) is 10.6 Å². The summed E-state index contributed by atoms with van der Waals surface area (Å²) in [6.45, 7) is 0. The molecule has 0 aliphatic rings. The van der Waals surface area contributed by atoms with E-state index in [0.717, 1.165) is 12.1 Å². The molecule has 3 N–H and O–H groups in total. The molecule has 0 saturated heterocycles. The van der Waals surface area contributed by atoms with Crippen LogP contribution in [0.1, 0.15) is 5.56 Å². The van der Waals surface area contributed by atoms with Crippen LogP contribution in [0.15, 0.2) is 23.1 Å². The summed E-state index contributed by atoms with van der Waals surface area (Å²) in [4.78, 5) is -0.947. The lowest BCUT2D eigenvalue weighted by molar-refractivity contribution is -0.139. The molecule has 0 aliphatic carbocycles. The van der Waals surface area contributed by atoms with Crippen LogP contribution in [0, 0.1) is 0 Å². The number of phenols is 1. The summed E-state index contributed by atoms with van der Waals surface area (Å²) in [7, 11) is -4.37. The van der Waals surface area contributed by atoms with Gasteiger partial charge in [-0.25, -0.2) is 13.6 Å². The predicted molar refractivity (Wildman–Crippen MR) is 44.5 cm³/mol. The van der Waals surface area contributed by atoms with Gasteiger partial charge in [0.05, 0.1) is 5.56 Å². The monoisotopic (exact) mass is 241 g/mol. The number of rotatable bonds is 1. The number of primary sulfonamides is 1. The predicted octanol–water partition coefficient (Wildman–Crippen LogP) is 1.06. The van der Waals surface area contributed by atoms with Gasteiger partial charge in [-0.2, -0.15) is 13.2 Å². The molecule has 0 bridgehead atoms. The third kappa shape index (κ3) is 2.39. The van der Waals surface area contributed by atoms with Crippen LogP contribution in [0.3, 0.4) is 0 Å². The number of aromatic hydroxyl groups is 1. The summed E-state index contributed by atoms with van der Waals surface area (Å²) in [6.07, 6.45) is -4.83. The van der Waals surface area contributed by atoms with Gasteiger partial charge in [0.2, 0.25) is 10.0 Å². The minimum Gasteiger partial charge on any atom is -0.506 e. The summed E-state index contributed by atoms with van der Waals surface area (Å²) in [5.74, 6) is -1.38. The van der Waals surface area contributed by atoms with Crippen molar-refractivity contribution in [3.8, 4) is 5.75 Å². The first-order valence-corrected chi connectivity index (χ1v) is 5.10. The molecule has 0 radical (unpaired) electrons. The molecule has 0 atom stereocenters. The first kappa shape index (κ1) is 11.8. The molecule has 0 amide bonds. The van der Waals surface area contributed by atoms with Crippen LogP contribution in [0.4, 0.5) is 13.2 Å². The third-order valence-electron chi connectivity index (χ3n) is 1.61. The molecule has 1 aromatic carbocycles. The molecule has 8 heteroatoms. The van der Waals surface area contributed by atoms with Crippen LogP contribution in [0.25, 0.3) is 0 Å². The van der Waals surface area contributed by atoms with E-state index in [4.69, 9.17) is 5.11 Å². The van der Waals surface area contributed by atoms with Crippen LogP contribution in [-0.2, 0) is 16.2 Å². The van der Waals surface area contributed by atoms with E-state index in [9.17, 15) is 21.6 Å². The van der Waals surface area contributed by atoms with Gasteiger partial charge in [-0.3, -0.25) is 0 Å². The second kappa shape index (κ2) is 3.38. The molecule has 0 saturated carbocycles. The molecule has 0 aliphatic heterocycles. The van der Waals surface area contributed by atoms with E-state index in [2.05, 4.69) is 5.14 Å². The van der Waals surface area contributed by atoms with E-state index >= 15 is 0 Å². The lowest BCUT2D eigenvalue weighted by Gasteiger charge is -2.10. The van der Waals surface area contributed by atoms with Crippen molar-refractivity contribution in [1.29, 1.82) is 0 Å². The first-order valence-electron chi connectivity index (χ1n) is 3.56. The Bertz CT molecular complexity index is 481. The highest BCUT2D eigenvalue weighted by Gasteiger charge is 2.35. The van der Waals surface area contributed by atoms with Gasteiger partial charge in [-0.15, -0.1) is 0 Å². The van der Waals surface area contributed by atoms with Crippen molar-refractivity contribution in [1.82, 2.24) is 0 Å². The first-order chi connectivity index (χ1) is 6.64. The van der Waals surface area contributed by atoms with Crippen molar-refractivity contribution in [2.24, 2.45) is 5.14 Å². The zero-order chi connectivity index (χ0) is 11.9. The van der Waals surface area contributed by atoms with Crippen LogP contribution in [0.2, 0.25) is 0 Å². The van der Waals surface area contributed by atoms with E-state index < -0.39 is 32.4 Å². The van der Waals surface area contributed by atoms with Crippen molar-refractivity contribution >= 4 is 10.0 Å². The molecule has 84 valence electrons. The maximum absolute atomic E-state index is 12.2. The van der Waals surface area contributed by atoms with E-state index in [-0.39, 0.29) is 0 Å². The number of hydrogen-bond donors (Lipinski definition) is 2. The minimum absolute atomic E-state index is 0.560. The van der Waals surface area contributed by atoms with Crippen LogP contribution >= 0.6 is 0 Å². The van der Waals surface area contributed by atoms with Gasteiger partial charge < -0.3 is 5.11 Å². The van der Waals surface area contributed by atoms with Crippen molar-refractivity contribution in [2.45, 2.75) is 11.1 Å². The Kier molecular flexibility index (Phi) is 2.66. The molecule has 0 spiro atoms. The molecule has 1 rings (SSSR count). The maximum Gasteiger partial charge on any atom is 0.420 e. The number of benzene rings is 1. The minimum atomic E-state index is -4.83. The van der Waals surface area contributed by atoms with Crippen molar-refractivity contribution < 1.29 is 26.7 Å². The Morgan fingerprint density at radius 3 is 2.20 bits per heavy atom. The van der Waals surface area contributed by atoms with Crippen LogP contribution < -0.4 is 5.14 Å². The zero-order valence-electron chi connectivity index (χ0n) is 7.12. The summed E-state index contributed by atoms with van der Waals surface area (Å²) >= 11 is 0. The van der Waals surface area contributed by atoms with Gasteiger partial charge in [-0.05, 0) is 12.1 Å². The highest BCUT2D eigenvalue weighted by molar-refractivity contribution is 7.89.